The van der Waals surface area contributed by atoms with Crippen molar-refractivity contribution < 1.29 is 14.3 Å². The van der Waals surface area contributed by atoms with Crippen LogP contribution in [-0.2, 0) is 11.2 Å². The molecule has 0 aliphatic heterocycles. The van der Waals surface area contributed by atoms with Gasteiger partial charge in [0.15, 0.2) is 0 Å². The molecule has 0 saturated heterocycles. The minimum absolute atomic E-state index is 0.0707. The zero-order valence-electron chi connectivity index (χ0n) is 16.4. The predicted octanol–water partition coefficient (Wildman–Crippen LogP) is 3.98. The van der Waals surface area contributed by atoms with E-state index >= 15 is 0 Å². The maximum atomic E-state index is 12.4. The zero-order chi connectivity index (χ0) is 20.8. The number of aromatic nitrogens is 2. The zero-order valence-corrected chi connectivity index (χ0v) is 17.2. The molecule has 0 unspecified atom stereocenters. The highest BCUT2D eigenvalue weighted by Crippen LogP contribution is 2.24. The number of carbonyl (C=O) groups excluding carboxylic acids is 2. The van der Waals surface area contributed by atoms with Gasteiger partial charge in [-0.1, -0.05) is 43.4 Å². The molecule has 0 spiro atoms. The molecular weight excluding hydrogens is 388 g/mol. The van der Waals surface area contributed by atoms with Crippen LogP contribution in [0.5, 0.6) is 5.75 Å². The Labute approximate surface area is 173 Å². The quantitative estimate of drug-likeness (QED) is 0.614. The average molecular weight is 410 g/mol. The highest BCUT2D eigenvalue weighted by atomic mass is 32.1. The van der Waals surface area contributed by atoms with Crippen LogP contribution in [0.25, 0.3) is 0 Å². The summed E-state index contributed by atoms with van der Waals surface area (Å²) < 4.78 is 5.35. The molecule has 2 aromatic carbocycles. The highest BCUT2D eigenvalue weighted by molar-refractivity contribution is 7.15. The minimum atomic E-state index is -0.285. The van der Waals surface area contributed by atoms with Crippen molar-refractivity contribution in [1.82, 2.24) is 10.2 Å². The molecule has 1 aromatic heterocycles. The average Bonchev–Trinajstić information content (AvgIpc) is 3.15. The molecule has 29 heavy (non-hydrogen) atoms. The SMILES string of the molecule is COc1ccccc1Cc1nnc(NC(=O)c2ccc(NC(=O)C(C)C)cc2)s1. The van der Waals surface area contributed by atoms with Gasteiger partial charge in [0.05, 0.1) is 7.11 Å². The maximum Gasteiger partial charge on any atom is 0.257 e. The Hall–Kier alpha value is -3.26. The van der Waals surface area contributed by atoms with Crippen LogP contribution in [0.1, 0.15) is 34.8 Å². The Morgan fingerprint density at radius 1 is 1.03 bits per heavy atom. The number of nitrogens with one attached hydrogen (secondary N) is 2. The summed E-state index contributed by atoms with van der Waals surface area (Å²) in [6.07, 6.45) is 0.571. The molecule has 0 fully saturated rings. The van der Waals surface area contributed by atoms with Crippen LogP contribution < -0.4 is 15.4 Å². The summed E-state index contributed by atoms with van der Waals surface area (Å²) in [5.41, 5.74) is 2.12. The normalized spacial score (nSPS) is 10.6. The molecule has 8 heteroatoms. The Bertz CT molecular complexity index is 999. The number of anilines is 2. The van der Waals surface area contributed by atoms with Crippen molar-refractivity contribution in [2.24, 2.45) is 5.92 Å². The fraction of sp³-hybridized carbons (Fsp3) is 0.238. The topological polar surface area (TPSA) is 93.2 Å². The van der Waals surface area contributed by atoms with E-state index < -0.39 is 0 Å². The number of hydrogen-bond acceptors (Lipinski definition) is 6. The second-order valence-electron chi connectivity index (χ2n) is 6.67. The van der Waals surface area contributed by atoms with Crippen LogP contribution in [-0.4, -0.2) is 29.1 Å². The van der Waals surface area contributed by atoms with Gasteiger partial charge in [-0.15, -0.1) is 10.2 Å². The fourth-order valence-electron chi connectivity index (χ4n) is 2.55. The van der Waals surface area contributed by atoms with E-state index in [1.165, 1.54) is 11.3 Å². The molecule has 150 valence electrons. The van der Waals surface area contributed by atoms with Crippen molar-refractivity contribution in [3.63, 3.8) is 0 Å². The third kappa shape index (κ3) is 5.39. The number of nitrogens with zero attached hydrogens (tertiary/aromatic N) is 2. The minimum Gasteiger partial charge on any atom is -0.496 e. The summed E-state index contributed by atoms with van der Waals surface area (Å²) in [6, 6.07) is 14.4. The van der Waals surface area contributed by atoms with E-state index in [0.717, 1.165) is 16.3 Å². The summed E-state index contributed by atoms with van der Waals surface area (Å²) in [5, 5.41) is 14.9. The lowest BCUT2D eigenvalue weighted by atomic mass is 10.1. The third-order valence-corrected chi connectivity index (χ3v) is 5.00. The first kappa shape index (κ1) is 20.5. The largest absolute Gasteiger partial charge is 0.496 e. The van der Waals surface area contributed by atoms with E-state index in [1.807, 2.05) is 38.1 Å². The summed E-state index contributed by atoms with van der Waals surface area (Å²) in [4.78, 5) is 24.2. The van der Waals surface area contributed by atoms with Gasteiger partial charge >= 0.3 is 0 Å². The van der Waals surface area contributed by atoms with Gasteiger partial charge in [0.25, 0.3) is 5.91 Å². The Morgan fingerprint density at radius 3 is 2.45 bits per heavy atom. The van der Waals surface area contributed by atoms with Gasteiger partial charge in [-0.25, -0.2) is 0 Å². The maximum absolute atomic E-state index is 12.4. The van der Waals surface area contributed by atoms with Gasteiger partial charge in [0.2, 0.25) is 11.0 Å². The monoisotopic (exact) mass is 410 g/mol. The molecule has 0 saturated carbocycles. The smallest absolute Gasteiger partial charge is 0.257 e. The van der Waals surface area contributed by atoms with Crippen LogP contribution in [0.15, 0.2) is 48.5 Å². The number of para-hydroxylation sites is 1. The van der Waals surface area contributed by atoms with Crippen molar-refractivity contribution in [2.45, 2.75) is 20.3 Å². The highest BCUT2D eigenvalue weighted by Gasteiger charge is 2.13. The molecule has 3 rings (SSSR count). The molecule has 1 heterocycles. The summed E-state index contributed by atoms with van der Waals surface area (Å²) in [5.74, 6) is 0.323. The molecule has 0 radical (unpaired) electrons. The van der Waals surface area contributed by atoms with E-state index in [9.17, 15) is 9.59 Å². The van der Waals surface area contributed by atoms with E-state index in [-0.39, 0.29) is 17.7 Å². The van der Waals surface area contributed by atoms with E-state index in [1.54, 1.807) is 31.4 Å². The number of benzene rings is 2. The number of carbonyl (C=O) groups is 2. The van der Waals surface area contributed by atoms with Gasteiger partial charge in [0.1, 0.15) is 10.8 Å². The van der Waals surface area contributed by atoms with Crippen molar-refractivity contribution in [2.75, 3.05) is 17.7 Å². The molecule has 0 atom stereocenters. The first-order valence-corrected chi connectivity index (χ1v) is 9.94. The van der Waals surface area contributed by atoms with Crippen molar-refractivity contribution in [3.05, 3.63) is 64.7 Å². The number of rotatable bonds is 7. The lowest BCUT2D eigenvalue weighted by Crippen LogP contribution is -2.18. The van der Waals surface area contributed by atoms with E-state index in [0.29, 0.717) is 22.8 Å². The van der Waals surface area contributed by atoms with Crippen LogP contribution >= 0.6 is 11.3 Å². The lowest BCUT2D eigenvalue weighted by Gasteiger charge is -2.08. The predicted molar refractivity (Wildman–Crippen MR) is 114 cm³/mol. The molecule has 3 aromatic rings. The Kier molecular flexibility index (Phi) is 6.56. The molecule has 0 aliphatic carbocycles. The number of methoxy groups -OCH3 is 1. The van der Waals surface area contributed by atoms with Crippen LogP contribution in [0.3, 0.4) is 0 Å². The summed E-state index contributed by atoms with van der Waals surface area (Å²) in [6.45, 7) is 3.64. The Balaban J connectivity index is 1.62. The van der Waals surface area contributed by atoms with Gasteiger partial charge in [-0.05, 0) is 30.3 Å². The molecule has 0 aliphatic rings. The summed E-state index contributed by atoms with van der Waals surface area (Å²) in [7, 11) is 1.63. The van der Waals surface area contributed by atoms with Gasteiger partial charge < -0.3 is 10.1 Å². The second kappa shape index (κ2) is 9.29. The van der Waals surface area contributed by atoms with Crippen LogP contribution in [0.2, 0.25) is 0 Å². The van der Waals surface area contributed by atoms with Crippen molar-refractivity contribution in [3.8, 4) is 5.75 Å². The van der Waals surface area contributed by atoms with Gasteiger partial charge in [0, 0.05) is 29.2 Å². The molecule has 2 amide bonds. The van der Waals surface area contributed by atoms with E-state index in [4.69, 9.17) is 4.74 Å². The van der Waals surface area contributed by atoms with Crippen molar-refractivity contribution in [1.29, 1.82) is 0 Å². The Morgan fingerprint density at radius 2 is 1.76 bits per heavy atom. The fourth-order valence-corrected chi connectivity index (χ4v) is 3.31. The number of ether oxygens (including phenoxy) is 1. The molecule has 0 bridgehead atoms. The number of hydrogen-bond donors (Lipinski definition) is 2. The molecular formula is C21H22N4O3S. The lowest BCUT2D eigenvalue weighted by molar-refractivity contribution is -0.118. The standard InChI is InChI=1S/C21H22N4O3S/c1-13(2)19(26)22-16-10-8-14(9-11-16)20(27)23-21-25-24-18(29-21)12-15-6-4-5-7-17(15)28-3/h4-11,13H,12H2,1-3H3,(H,22,26)(H,23,25,27). The first-order chi connectivity index (χ1) is 14.0. The van der Waals surface area contributed by atoms with Crippen LogP contribution in [0.4, 0.5) is 10.8 Å². The second-order valence-corrected chi connectivity index (χ2v) is 7.73. The van der Waals surface area contributed by atoms with E-state index in [2.05, 4.69) is 20.8 Å². The van der Waals surface area contributed by atoms with Gasteiger partial charge in [-0.2, -0.15) is 0 Å². The first-order valence-electron chi connectivity index (χ1n) is 9.13. The molecule has 7 nitrogen and oxygen atoms in total. The summed E-state index contributed by atoms with van der Waals surface area (Å²) >= 11 is 1.32. The number of amides is 2. The van der Waals surface area contributed by atoms with Gasteiger partial charge in [-0.3, -0.25) is 14.9 Å². The molecule has 2 N–H and O–H groups in total. The van der Waals surface area contributed by atoms with Crippen LogP contribution in [0, 0.1) is 5.92 Å². The third-order valence-electron chi connectivity index (χ3n) is 4.16. The van der Waals surface area contributed by atoms with Crippen molar-refractivity contribution >= 4 is 34.0 Å².